The zero-order valence-corrected chi connectivity index (χ0v) is 18.8. The molecule has 0 spiro atoms. The lowest BCUT2D eigenvalue weighted by Gasteiger charge is -2.16. The van der Waals surface area contributed by atoms with Gasteiger partial charge in [0.25, 0.3) is 5.91 Å². The maximum absolute atomic E-state index is 12.6. The van der Waals surface area contributed by atoms with E-state index in [9.17, 15) is 14.4 Å². The molecule has 2 amide bonds. The van der Waals surface area contributed by atoms with Crippen LogP contribution in [0.2, 0.25) is 0 Å². The Bertz CT molecular complexity index is 1190. The van der Waals surface area contributed by atoms with Gasteiger partial charge in [-0.3, -0.25) is 14.9 Å². The van der Waals surface area contributed by atoms with E-state index in [1.807, 2.05) is 24.3 Å². The normalized spacial score (nSPS) is 11.9. The van der Waals surface area contributed by atoms with Crippen LogP contribution in [0.3, 0.4) is 0 Å². The predicted molar refractivity (Wildman–Crippen MR) is 129 cm³/mol. The molecule has 7 nitrogen and oxygen atoms in total. The van der Waals surface area contributed by atoms with Gasteiger partial charge in [0.1, 0.15) is 6.61 Å². The van der Waals surface area contributed by atoms with Crippen molar-refractivity contribution >= 4 is 23.7 Å². The number of benzene rings is 3. The zero-order valence-electron chi connectivity index (χ0n) is 18.8. The van der Waals surface area contributed by atoms with Crippen molar-refractivity contribution in [1.29, 1.82) is 0 Å². The number of aliphatic carboxylic acids is 1. The fourth-order valence-electron chi connectivity index (χ4n) is 4.30. The summed E-state index contributed by atoms with van der Waals surface area (Å²) in [6.07, 6.45) is -0.260. The highest BCUT2D eigenvalue weighted by Crippen LogP contribution is 2.44. The van der Waals surface area contributed by atoms with Gasteiger partial charge in [-0.2, -0.15) is 0 Å². The first kappa shape index (κ1) is 23.0. The van der Waals surface area contributed by atoms with Gasteiger partial charge in [0, 0.05) is 30.1 Å². The number of amides is 2. The van der Waals surface area contributed by atoms with Crippen LogP contribution in [0.15, 0.2) is 66.7 Å². The minimum absolute atomic E-state index is 0.0113. The molecule has 1 aliphatic rings. The highest BCUT2D eigenvalue weighted by molar-refractivity contribution is 5.98. The van der Waals surface area contributed by atoms with Crippen LogP contribution in [0.5, 0.6) is 0 Å². The number of ether oxygens (including phenoxy) is 1. The molecule has 0 saturated carbocycles. The molecule has 3 N–H and O–H groups in total. The third-order valence-corrected chi connectivity index (χ3v) is 6.01. The number of carboxylic acids is 1. The van der Waals surface area contributed by atoms with E-state index in [0.29, 0.717) is 23.2 Å². The Kier molecular flexibility index (Phi) is 6.92. The number of hydrogen-bond acceptors (Lipinski definition) is 4. The molecule has 3 aromatic rings. The minimum atomic E-state index is -0.903. The second kappa shape index (κ2) is 10.2. The number of anilines is 1. The number of rotatable bonds is 8. The molecule has 3 aromatic carbocycles. The number of carbonyl (C=O) groups is 3. The van der Waals surface area contributed by atoms with Gasteiger partial charge in [0.15, 0.2) is 0 Å². The summed E-state index contributed by atoms with van der Waals surface area (Å²) in [6, 6.07) is 21.3. The fourth-order valence-corrected chi connectivity index (χ4v) is 4.30. The summed E-state index contributed by atoms with van der Waals surface area (Å²) in [7, 11) is 0. The molecule has 7 heteroatoms. The summed E-state index contributed by atoms with van der Waals surface area (Å²) in [5, 5.41) is 14.2. The molecule has 0 fully saturated rings. The maximum atomic E-state index is 12.6. The maximum Gasteiger partial charge on any atom is 0.411 e. The number of carboxylic acid groups (broad SMARTS) is 1. The third kappa shape index (κ3) is 4.93. The van der Waals surface area contributed by atoms with Crippen LogP contribution in [0.1, 0.15) is 45.8 Å². The molecule has 0 saturated heterocycles. The van der Waals surface area contributed by atoms with Crippen molar-refractivity contribution in [3.63, 3.8) is 0 Å². The lowest BCUT2D eigenvalue weighted by atomic mass is 9.98. The molecule has 0 aliphatic heterocycles. The van der Waals surface area contributed by atoms with Crippen molar-refractivity contribution in [2.24, 2.45) is 0 Å². The highest BCUT2D eigenvalue weighted by Gasteiger charge is 2.29. The lowest BCUT2D eigenvalue weighted by molar-refractivity contribution is -0.137. The first-order valence-electron chi connectivity index (χ1n) is 11.2. The van der Waals surface area contributed by atoms with E-state index in [1.165, 1.54) is 0 Å². The second-order valence-corrected chi connectivity index (χ2v) is 8.18. The number of nitrogens with one attached hydrogen (secondary N) is 2. The van der Waals surface area contributed by atoms with Gasteiger partial charge in [0.2, 0.25) is 0 Å². The van der Waals surface area contributed by atoms with Crippen LogP contribution in [0.25, 0.3) is 11.1 Å². The van der Waals surface area contributed by atoms with Crippen molar-refractivity contribution in [3.05, 3.63) is 89.0 Å². The van der Waals surface area contributed by atoms with Crippen molar-refractivity contribution in [3.8, 4) is 11.1 Å². The van der Waals surface area contributed by atoms with Crippen LogP contribution in [0.4, 0.5) is 10.5 Å². The average molecular weight is 459 g/mol. The highest BCUT2D eigenvalue weighted by atomic mass is 16.5. The van der Waals surface area contributed by atoms with Gasteiger partial charge in [-0.15, -0.1) is 0 Å². The van der Waals surface area contributed by atoms with E-state index >= 15 is 0 Å². The summed E-state index contributed by atoms with van der Waals surface area (Å²) < 4.78 is 5.59. The second-order valence-electron chi connectivity index (χ2n) is 8.18. The Morgan fingerprint density at radius 3 is 2.21 bits per heavy atom. The molecule has 1 aliphatic carbocycles. The molecule has 4 rings (SSSR count). The quantitative estimate of drug-likeness (QED) is 0.414. The molecule has 0 heterocycles. The van der Waals surface area contributed by atoms with E-state index < -0.39 is 12.1 Å². The molecule has 0 unspecified atom stereocenters. The third-order valence-electron chi connectivity index (χ3n) is 6.01. The molecule has 0 atom stereocenters. The summed E-state index contributed by atoms with van der Waals surface area (Å²) >= 11 is 0. The Hall–Kier alpha value is -4.13. The molecule has 0 radical (unpaired) electrons. The summed E-state index contributed by atoms with van der Waals surface area (Å²) in [5.74, 6) is -1.26. The number of carbonyl (C=O) groups excluding carboxylic acids is 2. The van der Waals surface area contributed by atoms with Crippen molar-refractivity contribution in [1.82, 2.24) is 5.32 Å². The standard InChI is InChI=1S/C27H26N2O5/c1-17-18(26(32)28-15-7-14-25(30)31)12-6-13-24(17)29-27(33)34-16-23-21-10-4-2-8-19(21)20-9-3-5-11-22(20)23/h2-6,8-13,23H,7,14-16H2,1H3,(H,28,32)(H,29,33)(H,30,31). The van der Waals surface area contributed by atoms with E-state index in [-0.39, 0.29) is 31.4 Å². The first-order chi connectivity index (χ1) is 16.5. The van der Waals surface area contributed by atoms with Crippen LogP contribution < -0.4 is 10.6 Å². The molecular weight excluding hydrogens is 432 g/mol. The van der Waals surface area contributed by atoms with Crippen molar-refractivity contribution in [2.75, 3.05) is 18.5 Å². The SMILES string of the molecule is Cc1c(NC(=O)OCC2c3ccccc3-c3ccccc32)cccc1C(=O)NCCCC(=O)O. The van der Waals surface area contributed by atoms with E-state index in [4.69, 9.17) is 9.84 Å². The van der Waals surface area contributed by atoms with Gasteiger partial charge in [-0.25, -0.2) is 4.79 Å². The van der Waals surface area contributed by atoms with Crippen molar-refractivity contribution < 1.29 is 24.2 Å². The van der Waals surface area contributed by atoms with Gasteiger partial charge >= 0.3 is 12.1 Å². The lowest BCUT2D eigenvalue weighted by Crippen LogP contribution is -2.26. The molecule has 0 bridgehead atoms. The Balaban J connectivity index is 1.39. The monoisotopic (exact) mass is 458 g/mol. The van der Waals surface area contributed by atoms with Crippen LogP contribution in [0, 0.1) is 6.92 Å². The van der Waals surface area contributed by atoms with Crippen LogP contribution in [-0.4, -0.2) is 36.2 Å². The molecule has 174 valence electrons. The van der Waals surface area contributed by atoms with Gasteiger partial charge in [-0.1, -0.05) is 54.6 Å². The predicted octanol–water partition coefficient (Wildman–Crippen LogP) is 4.95. The van der Waals surface area contributed by atoms with E-state index in [0.717, 1.165) is 22.3 Å². The van der Waals surface area contributed by atoms with Crippen LogP contribution >= 0.6 is 0 Å². The fraction of sp³-hybridized carbons (Fsp3) is 0.222. The topological polar surface area (TPSA) is 105 Å². The average Bonchev–Trinajstić information content (AvgIpc) is 3.15. The number of hydrogen-bond donors (Lipinski definition) is 3. The van der Waals surface area contributed by atoms with Gasteiger partial charge in [0.05, 0.1) is 0 Å². The van der Waals surface area contributed by atoms with E-state index in [1.54, 1.807) is 25.1 Å². The molecular formula is C27H26N2O5. The largest absolute Gasteiger partial charge is 0.481 e. The summed E-state index contributed by atoms with van der Waals surface area (Å²) in [6.45, 7) is 2.20. The number of fused-ring (bicyclic) bond motifs is 3. The Morgan fingerprint density at radius 2 is 1.56 bits per heavy atom. The van der Waals surface area contributed by atoms with Gasteiger partial charge < -0.3 is 15.2 Å². The van der Waals surface area contributed by atoms with Crippen LogP contribution in [-0.2, 0) is 9.53 Å². The summed E-state index contributed by atoms with van der Waals surface area (Å²) in [4.78, 5) is 35.7. The minimum Gasteiger partial charge on any atom is -0.481 e. The molecule has 0 aromatic heterocycles. The Morgan fingerprint density at radius 1 is 0.912 bits per heavy atom. The Labute approximate surface area is 197 Å². The van der Waals surface area contributed by atoms with Gasteiger partial charge in [-0.05, 0) is 53.3 Å². The first-order valence-corrected chi connectivity index (χ1v) is 11.2. The smallest absolute Gasteiger partial charge is 0.411 e. The van der Waals surface area contributed by atoms with Crippen molar-refractivity contribution in [2.45, 2.75) is 25.7 Å². The van der Waals surface area contributed by atoms with E-state index in [2.05, 4.69) is 34.9 Å². The molecule has 34 heavy (non-hydrogen) atoms. The zero-order chi connectivity index (χ0) is 24.1. The summed E-state index contributed by atoms with van der Waals surface area (Å²) in [5.41, 5.74) is 6.08.